The number of halogens is 1. The van der Waals surface area contributed by atoms with Crippen LogP contribution in [0.5, 0.6) is 0 Å². The molecule has 0 aliphatic rings. The molecule has 3 aromatic carbocycles. The van der Waals surface area contributed by atoms with E-state index in [0.29, 0.717) is 22.6 Å². The smallest absolute Gasteiger partial charge is 0.164 e. The topological polar surface area (TPSA) is 51.6 Å². The van der Waals surface area contributed by atoms with Crippen LogP contribution in [0.2, 0.25) is 5.15 Å². The van der Waals surface area contributed by atoms with Gasteiger partial charge in [-0.2, -0.15) is 0 Å². The van der Waals surface area contributed by atoms with E-state index < -0.39 is 0 Å². The molecule has 0 atom stereocenters. The predicted octanol–water partition coefficient (Wildman–Crippen LogP) is 6.59. The van der Waals surface area contributed by atoms with Crippen LogP contribution in [0.25, 0.3) is 45.3 Å². The zero-order chi connectivity index (χ0) is 21.0. The summed E-state index contributed by atoms with van der Waals surface area (Å²) >= 11 is 6.04. The van der Waals surface area contributed by atoms with Gasteiger partial charge in [-0.15, -0.1) is 0 Å². The van der Waals surface area contributed by atoms with Gasteiger partial charge >= 0.3 is 0 Å². The van der Waals surface area contributed by atoms with E-state index in [-0.39, 0.29) is 0 Å². The fourth-order valence-electron chi connectivity index (χ4n) is 3.33. The van der Waals surface area contributed by atoms with E-state index in [9.17, 15) is 0 Å². The van der Waals surface area contributed by atoms with Gasteiger partial charge in [-0.1, -0.05) is 96.5 Å². The average Bonchev–Trinajstić information content (AvgIpc) is 2.85. The van der Waals surface area contributed by atoms with E-state index in [1.807, 2.05) is 97.1 Å². The first-order chi connectivity index (χ1) is 15.3. The van der Waals surface area contributed by atoms with E-state index in [1.54, 1.807) is 6.20 Å². The lowest BCUT2D eigenvalue weighted by Gasteiger charge is -2.09. The fourth-order valence-corrected chi connectivity index (χ4v) is 3.51. The fraction of sp³-hybridized carbons (Fsp3) is 0. The molecular formula is C26H17ClN4. The molecule has 0 fully saturated rings. The zero-order valence-corrected chi connectivity index (χ0v) is 17.2. The van der Waals surface area contributed by atoms with Crippen LogP contribution >= 0.6 is 11.6 Å². The normalized spacial score (nSPS) is 10.7. The number of pyridine rings is 1. The highest BCUT2D eigenvalue weighted by atomic mass is 35.5. The summed E-state index contributed by atoms with van der Waals surface area (Å²) in [6.07, 6.45) is 1.70. The van der Waals surface area contributed by atoms with Crippen LogP contribution in [0, 0.1) is 0 Å². The van der Waals surface area contributed by atoms with Gasteiger partial charge in [0.15, 0.2) is 17.5 Å². The largest absolute Gasteiger partial charge is 0.245 e. The maximum atomic E-state index is 6.04. The van der Waals surface area contributed by atoms with Crippen molar-refractivity contribution in [2.75, 3.05) is 0 Å². The SMILES string of the molecule is Clc1cc(-c2ccc(-c3nc(-c4ccccc4)nc(-c4ccccc4)n3)cc2)ccn1. The summed E-state index contributed by atoms with van der Waals surface area (Å²) in [5.74, 6) is 1.93. The van der Waals surface area contributed by atoms with Crippen molar-refractivity contribution < 1.29 is 0 Å². The summed E-state index contributed by atoms with van der Waals surface area (Å²) < 4.78 is 0. The van der Waals surface area contributed by atoms with Gasteiger partial charge < -0.3 is 0 Å². The van der Waals surface area contributed by atoms with Crippen LogP contribution in [-0.4, -0.2) is 19.9 Å². The molecule has 0 bridgehead atoms. The second-order valence-electron chi connectivity index (χ2n) is 6.98. The highest BCUT2D eigenvalue weighted by Crippen LogP contribution is 2.27. The third kappa shape index (κ3) is 4.20. The van der Waals surface area contributed by atoms with Gasteiger partial charge in [-0.05, 0) is 23.3 Å². The summed E-state index contributed by atoms with van der Waals surface area (Å²) in [5, 5.41) is 0.471. The molecular weight excluding hydrogens is 404 g/mol. The minimum atomic E-state index is 0.471. The highest BCUT2D eigenvalue weighted by molar-refractivity contribution is 6.29. The van der Waals surface area contributed by atoms with Crippen LogP contribution in [0.3, 0.4) is 0 Å². The van der Waals surface area contributed by atoms with Gasteiger partial charge in [0.25, 0.3) is 0 Å². The first kappa shape index (κ1) is 19.1. The molecule has 0 saturated heterocycles. The zero-order valence-electron chi connectivity index (χ0n) is 16.5. The Labute approximate surface area is 185 Å². The summed E-state index contributed by atoms with van der Waals surface area (Å²) in [7, 11) is 0. The second-order valence-corrected chi connectivity index (χ2v) is 7.37. The van der Waals surface area contributed by atoms with Gasteiger partial charge in [0.2, 0.25) is 0 Å². The molecule has 5 aromatic rings. The molecule has 31 heavy (non-hydrogen) atoms. The van der Waals surface area contributed by atoms with E-state index in [4.69, 9.17) is 26.6 Å². The molecule has 0 N–H and O–H groups in total. The van der Waals surface area contributed by atoms with Crippen LogP contribution in [-0.2, 0) is 0 Å². The van der Waals surface area contributed by atoms with E-state index in [0.717, 1.165) is 27.8 Å². The Kier molecular flexibility index (Phi) is 5.21. The quantitative estimate of drug-likeness (QED) is 0.308. The molecule has 148 valence electrons. The third-order valence-corrected chi connectivity index (χ3v) is 5.11. The van der Waals surface area contributed by atoms with Gasteiger partial charge in [0, 0.05) is 22.9 Å². The van der Waals surface area contributed by atoms with E-state index >= 15 is 0 Å². The standard InChI is InChI=1S/C26H17ClN4/c27-23-17-22(15-16-28-23)18-11-13-21(14-12-18)26-30-24(19-7-3-1-4-8-19)29-25(31-26)20-9-5-2-6-10-20/h1-17H. The third-order valence-electron chi connectivity index (χ3n) is 4.90. The maximum absolute atomic E-state index is 6.04. The van der Waals surface area contributed by atoms with Crippen LogP contribution in [0.1, 0.15) is 0 Å². The van der Waals surface area contributed by atoms with E-state index in [1.165, 1.54) is 0 Å². The van der Waals surface area contributed by atoms with Gasteiger partial charge in [-0.25, -0.2) is 19.9 Å². The lowest BCUT2D eigenvalue weighted by atomic mass is 10.0. The first-order valence-corrected chi connectivity index (χ1v) is 10.2. The lowest BCUT2D eigenvalue weighted by Crippen LogP contribution is -2.00. The number of rotatable bonds is 4. The molecule has 0 amide bonds. The Morgan fingerprint density at radius 3 is 1.39 bits per heavy atom. The molecule has 2 heterocycles. The van der Waals surface area contributed by atoms with Gasteiger partial charge in [0.05, 0.1) is 0 Å². The maximum Gasteiger partial charge on any atom is 0.164 e. The van der Waals surface area contributed by atoms with Crippen LogP contribution in [0.4, 0.5) is 0 Å². The minimum Gasteiger partial charge on any atom is -0.245 e. The number of hydrogen-bond acceptors (Lipinski definition) is 4. The van der Waals surface area contributed by atoms with Crippen LogP contribution < -0.4 is 0 Å². The monoisotopic (exact) mass is 420 g/mol. The predicted molar refractivity (Wildman–Crippen MR) is 124 cm³/mol. The van der Waals surface area contributed by atoms with Crippen LogP contribution in [0.15, 0.2) is 103 Å². The van der Waals surface area contributed by atoms with Crippen molar-refractivity contribution in [2.45, 2.75) is 0 Å². The summed E-state index contributed by atoms with van der Waals surface area (Å²) in [5.41, 5.74) is 4.88. The lowest BCUT2D eigenvalue weighted by molar-refractivity contribution is 1.07. The summed E-state index contributed by atoms with van der Waals surface area (Å²) in [6.45, 7) is 0. The average molecular weight is 421 g/mol. The first-order valence-electron chi connectivity index (χ1n) is 9.85. The minimum absolute atomic E-state index is 0.471. The Hall–Kier alpha value is -3.89. The second kappa shape index (κ2) is 8.46. The van der Waals surface area contributed by atoms with Crippen molar-refractivity contribution in [3.63, 3.8) is 0 Å². The summed E-state index contributed by atoms with van der Waals surface area (Å²) in [6, 6.07) is 31.8. The molecule has 0 spiro atoms. The van der Waals surface area contributed by atoms with Gasteiger partial charge in [0.1, 0.15) is 5.15 Å². The van der Waals surface area contributed by atoms with Crippen molar-refractivity contribution in [1.29, 1.82) is 0 Å². The van der Waals surface area contributed by atoms with Crippen molar-refractivity contribution in [3.8, 4) is 45.3 Å². The number of hydrogen-bond donors (Lipinski definition) is 0. The molecule has 0 aliphatic heterocycles. The molecule has 0 aliphatic carbocycles. The molecule has 5 rings (SSSR count). The number of aromatic nitrogens is 4. The molecule has 2 aromatic heterocycles. The number of benzene rings is 3. The highest BCUT2D eigenvalue weighted by Gasteiger charge is 2.12. The van der Waals surface area contributed by atoms with Crippen molar-refractivity contribution in [2.24, 2.45) is 0 Å². The van der Waals surface area contributed by atoms with Crippen molar-refractivity contribution >= 4 is 11.6 Å². The Morgan fingerprint density at radius 2 is 0.903 bits per heavy atom. The Bertz CT molecular complexity index is 1260. The Balaban J connectivity index is 1.59. The molecule has 5 heteroatoms. The van der Waals surface area contributed by atoms with Gasteiger partial charge in [-0.3, -0.25) is 0 Å². The summed E-state index contributed by atoms with van der Waals surface area (Å²) in [4.78, 5) is 18.3. The molecule has 0 radical (unpaired) electrons. The van der Waals surface area contributed by atoms with Crippen molar-refractivity contribution in [1.82, 2.24) is 19.9 Å². The molecule has 0 unspecified atom stereocenters. The Morgan fingerprint density at radius 1 is 0.452 bits per heavy atom. The molecule has 4 nitrogen and oxygen atoms in total. The number of nitrogens with zero attached hydrogens (tertiary/aromatic N) is 4. The molecule has 0 saturated carbocycles. The van der Waals surface area contributed by atoms with Crippen molar-refractivity contribution in [3.05, 3.63) is 108 Å². The van der Waals surface area contributed by atoms with E-state index in [2.05, 4.69) is 4.98 Å².